The van der Waals surface area contributed by atoms with Crippen molar-refractivity contribution in [3.63, 3.8) is 0 Å². The molecule has 0 amide bonds. The lowest BCUT2D eigenvalue weighted by molar-refractivity contribution is 0.597. The van der Waals surface area contributed by atoms with Gasteiger partial charge in [-0.1, -0.05) is 0 Å². The van der Waals surface area contributed by atoms with Crippen LogP contribution in [0.25, 0.3) is 11.0 Å². The van der Waals surface area contributed by atoms with Gasteiger partial charge in [0.1, 0.15) is 22.4 Å². The summed E-state index contributed by atoms with van der Waals surface area (Å²) in [6.07, 6.45) is 1.96. The molecule has 23 heavy (non-hydrogen) atoms. The lowest BCUT2D eigenvalue weighted by Crippen LogP contribution is -2.17. The van der Waals surface area contributed by atoms with Crippen molar-refractivity contribution in [2.75, 3.05) is 11.9 Å². The molecule has 0 unspecified atom stereocenters. The van der Waals surface area contributed by atoms with Crippen LogP contribution in [0.2, 0.25) is 0 Å². The van der Waals surface area contributed by atoms with Crippen LogP contribution in [-0.2, 0) is 16.4 Å². The molecule has 2 aromatic heterocycles. The summed E-state index contributed by atoms with van der Waals surface area (Å²) >= 11 is 0. The molecule has 9 heteroatoms. The first kappa shape index (κ1) is 15.4. The lowest BCUT2D eigenvalue weighted by atomic mass is 10.3. The maximum Gasteiger partial charge on any atom is 0.241 e. The van der Waals surface area contributed by atoms with Crippen molar-refractivity contribution >= 4 is 26.9 Å². The number of pyridine rings is 1. The predicted octanol–water partition coefficient (Wildman–Crippen LogP) is 1.40. The first-order valence-corrected chi connectivity index (χ1v) is 8.34. The number of halogens is 1. The molecule has 0 saturated heterocycles. The van der Waals surface area contributed by atoms with Crippen LogP contribution in [0.5, 0.6) is 0 Å². The molecule has 120 valence electrons. The molecule has 0 aliphatic rings. The van der Waals surface area contributed by atoms with Crippen molar-refractivity contribution in [3.05, 3.63) is 48.2 Å². The summed E-state index contributed by atoms with van der Waals surface area (Å²) < 4.78 is 36.1. The highest BCUT2D eigenvalue weighted by Crippen LogP contribution is 2.17. The van der Waals surface area contributed by atoms with Gasteiger partial charge in [0.25, 0.3) is 0 Å². The number of aromatic nitrogens is 3. The van der Waals surface area contributed by atoms with E-state index >= 15 is 0 Å². The van der Waals surface area contributed by atoms with Crippen LogP contribution in [0.15, 0.2) is 41.4 Å². The Bertz CT molecular complexity index is 955. The molecule has 7 nitrogen and oxygen atoms in total. The van der Waals surface area contributed by atoms with Crippen LogP contribution in [0.3, 0.4) is 0 Å². The predicted molar refractivity (Wildman–Crippen MR) is 83.9 cm³/mol. The zero-order valence-corrected chi connectivity index (χ0v) is 12.8. The fourth-order valence-corrected chi connectivity index (χ4v) is 2.87. The van der Waals surface area contributed by atoms with E-state index < -0.39 is 10.0 Å². The standard InChI is InChI=1S/C14H14FN5O2S/c15-9-3-4-10-11(8-9)20-13(19-10)5-7-18-14-12(23(16,21)22)2-1-6-17-14/h1-4,6,8H,5,7H2,(H,17,18)(H,19,20)(H2,16,21,22). The summed E-state index contributed by atoms with van der Waals surface area (Å²) in [6, 6.07) is 7.19. The van der Waals surface area contributed by atoms with Crippen LogP contribution >= 0.6 is 0 Å². The van der Waals surface area contributed by atoms with E-state index in [-0.39, 0.29) is 16.5 Å². The molecule has 0 bridgehead atoms. The number of nitrogens with two attached hydrogens (primary N) is 1. The third-order valence-electron chi connectivity index (χ3n) is 3.22. The molecule has 3 rings (SSSR count). The van der Waals surface area contributed by atoms with Gasteiger partial charge in [0.2, 0.25) is 10.0 Å². The van der Waals surface area contributed by atoms with E-state index in [9.17, 15) is 12.8 Å². The highest BCUT2D eigenvalue weighted by molar-refractivity contribution is 7.89. The average molecular weight is 335 g/mol. The average Bonchev–Trinajstić information content (AvgIpc) is 2.88. The fourth-order valence-electron chi connectivity index (χ4n) is 2.21. The Labute approximate surface area is 131 Å². The van der Waals surface area contributed by atoms with Gasteiger partial charge in [-0.3, -0.25) is 0 Å². The van der Waals surface area contributed by atoms with Crippen molar-refractivity contribution in [1.29, 1.82) is 0 Å². The molecule has 0 fully saturated rings. The highest BCUT2D eigenvalue weighted by Gasteiger charge is 2.14. The van der Waals surface area contributed by atoms with Crippen molar-refractivity contribution in [2.45, 2.75) is 11.3 Å². The van der Waals surface area contributed by atoms with Gasteiger partial charge in [0.05, 0.1) is 11.0 Å². The maximum absolute atomic E-state index is 13.1. The Morgan fingerprint density at radius 2 is 2.13 bits per heavy atom. The summed E-state index contributed by atoms with van der Waals surface area (Å²) in [4.78, 5) is 11.3. The smallest absolute Gasteiger partial charge is 0.241 e. The van der Waals surface area contributed by atoms with Gasteiger partial charge in [-0.2, -0.15) is 0 Å². The molecule has 0 saturated carbocycles. The van der Waals surface area contributed by atoms with Crippen LogP contribution in [0.4, 0.5) is 10.2 Å². The van der Waals surface area contributed by atoms with Crippen LogP contribution in [0, 0.1) is 5.82 Å². The third kappa shape index (κ3) is 3.46. The SMILES string of the molecule is NS(=O)(=O)c1cccnc1NCCc1nc2ccc(F)cc2[nH]1. The molecular formula is C14H14FN5O2S. The lowest BCUT2D eigenvalue weighted by Gasteiger charge is -2.08. The van der Waals surface area contributed by atoms with Crippen molar-refractivity contribution in [3.8, 4) is 0 Å². The number of rotatable bonds is 5. The number of fused-ring (bicyclic) bond motifs is 1. The second kappa shape index (κ2) is 5.94. The van der Waals surface area contributed by atoms with Crippen molar-refractivity contribution < 1.29 is 12.8 Å². The van der Waals surface area contributed by atoms with Crippen LogP contribution in [-0.4, -0.2) is 29.9 Å². The molecule has 0 radical (unpaired) electrons. The molecule has 2 heterocycles. The normalized spacial score (nSPS) is 11.7. The number of benzene rings is 1. The van der Waals surface area contributed by atoms with E-state index in [4.69, 9.17) is 5.14 Å². The Kier molecular flexibility index (Phi) is 3.97. The zero-order chi connectivity index (χ0) is 16.4. The topological polar surface area (TPSA) is 114 Å². The van der Waals surface area contributed by atoms with E-state index in [0.29, 0.717) is 29.8 Å². The number of aromatic amines is 1. The zero-order valence-electron chi connectivity index (χ0n) is 12.0. The van der Waals surface area contributed by atoms with Gasteiger partial charge in [-0.15, -0.1) is 0 Å². The number of imidazole rings is 1. The van der Waals surface area contributed by atoms with Crippen LogP contribution in [0.1, 0.15) is 5.82 Å². The van der Waals surface area contributed by atoms with Crippen LogP contribution < -0.4 is 10.5 Å². The summed E-state index contributed by atoms with van der Waals surface area (Å²) in [5.74, 6) is 0.514. The van der Waals surface area contributed by atoms with E-state index in [0.717, 1.165) is 0 Å². The Hall–Kier alpha value is -2.52. The minimum atomic E-state index is -3.84. The van der Waals surface area contributed by atoms with Gasteiger partial charge in [-0.05, 0) is 30.3 Å². The molecule has 0 aliphatic carbocycles. The first-order chi connectivity index (χ1) is 10.9. The number of primary sulfonamides is 1. The van der Waals surface area contributed by atoms with Gasteiger partial charge in [0, 0.05) is 19.2 Å². The molecule has 3 aromatic rings. The summed E-state index contributed by atoms with van der Waals surface area (Å²) in [6.45, 7) is 0.391. The maximum atomic E-state index is 13.1. The molecule has 4 N–H and O–H groups in total. The number of sulfonamides is 1. The Morgan fingerprint density at radius 3 is 2.91 bits per heavy atom. The largest absolute Gasteiger partial charge is 0.368 e. The Morgan fingerprint density at radius 1 is 1.30 bits per heavy atom. The number of nitrogens with zero attached hydrogens (tertiary/aromatic N) is 2. The summed E-state index contributed by atoms with van der Waals surface area (Å²) in [5.41, 5.74) is 1.28. The third-order valence-corrected chi connectivity index (χ3v) is 4.17. The van der Waals surface area contributed by atoms with Gasteiger partial charge in [0.15, 0.2) is 0 Å². The number of H-pyrrole nitrogens is 1. The number of anilines is 1. The minimum absolute atomic E-state index is 0.0633. The number of nitrogens with one attached hydrogen (secondary N) is 2. The highest BCUT2D eigenvalue weighted by atomic mass is 32.2. The van der Waals surface area contributed by atoms with Gasteiger partial charge < -0.3 is 10.3 Å². The number of hydrogen-bond acceptors (Lipinski definition) is 5. The number of hydrogen-bond donors (Lipinski definition) is 3. The quantitative estimate of drug-likeness (QED) is 0.652. The van der Waals surface area contributed by atoms with Gasteiger partial charge in [-0.25, -0.2) is 27.9 Å². The van der Waals surface area contributed by atoms with Gasteiger partial charge >= 0.3 is 0 Å². The second-order valence-electron chi connectivity index (χ2n) is 4.92. The summed E-state index contributed by atoms with van der Waals surface area (Å²) in [5, 5.41) is 8.06. The monoisotopic (exact) mass is 335 g/mol. The molecule has 0 spiro atoms. The van der Waals surface area contributed by atoms with E-state index in [1.807, 2.05) is 0 Å². The Balaban J connectivity index is 1.72. The minimum Gasteiger partial charge on any atom is -0.368 e. The van der Waals surface area contributed by atoms with Crippen molar-refractivity contribution in [1.82, 2.24) is 15.0 Å². The first-order valence-electron chi connectivity index (χ1n) is 6.79. The molecule has 0 aliphatic heterocycles. The molecule has 0 atom stereocenters. The summed E-state index contributed by atoms with van der Waals surface area (Å²) in [7, 11) is -3.84. The van der Waals surface area contributed by atoms with E-state index in [1.165, 1.54) is 30.5 Å². The fraction of sp³-hybridized carbons (Fsp3) is 0.143. The molecule has 1 aromatic carbocycles. The van der Waals surface area contributed by atoms with E-state index in [1.54, 1.807) is 6.07 Å². The van der Waals surface area contributed by atoms with E-state index in [2.05, 4.69) is 20.3 Å². The second-order valence-corrected chi connectivity index (χ2v) is 6.45. The molecular weight excluding hydrogens is 321 g/mol. The van der Waals surface area contributed by atoms with Crippen molar-refractivity contribution in [2.24, 2.45) is 5.14 Å².